The summed E-state index contributed by atoms with van der Waals surface area (Å²) in [5.74, 6) is 0.609. The molecule has 0 spiro atoms. The molecule has 0 aliphatic heterocycles. The molecule has 0 saturated carbocycles. The fourth-order valence-corrected chi connectivity index (χ4v) is 1.99. The van der Waals surface area contributed by atoms with Crippen LogP contribution >= 0.6 is 11.8 Å². The highest BCUT2D eigenvalue weighted by molar-refractivity contribution is 7.99. The van der Waals surface area contributed by atoms with E-state index < -0.39 is 5.97 Å². The minimum atomic E-state index is -0.489. The predicted molar refractivity (Wildman–Crippen MR) is 67.0 cm³/mol. The van der Waals surface area contributed by atoms with Crippen LogP contribution in [-0.2, 0) is 4.74 Å². The summed E-state index contributed by atoms with van der Waals surface area (Å²) in [7, 11) is 2.75. The number of hydrogen-bond acceptors (Lipinski definition) is 5. The predicted octanol–water partition coefficient (Wildman–Crippen LogP) is 1.95. The van der Waals surface area contributed by atoms with Gasteiger partial charge in [0, 0.05) is 6.07 Å². The number of hydrogen-bond donors (Lipinski definition) is 0. The van der Waals surface area contributed by atoms with Gasteiger partial charge in [0.25, 0.3) is 0 Å². The number of rotatable bonds is 4. The lowest BCUT2D eigenvalue weighted by molar-refractivity contribution is 0.0600. The molecule has 0 aliphatic carbocycles. The lowest BCUT2D eigenvalue weighted by atomic mass is 10.3. The standard InChI is InChI=1S/C12H14O4S/c1-4-17-11-6-8(12(14)16-3)5-9(15-2)7-10(11)13/h5-7H,4H2,1-3H3. The molecule has 0 aromatic heterocycles. The molecule has 17 heavy (non-hydrogen) atoms. The van der Waals surface area contributed by atoms with E-state index in [0.717, 1.165) is 5.75 Å². The zero-order chi connectivity index (χ0) is 12.8. The van der Waals surface area contributed by atoms with Gasteiger partial charge in [-0.15, -0.1) is 11.8 Å². The summed E-state index contributed by atoms with van der Waals surface area (Å²) in [6.45, 7) is 1.94. The van der Waals surface area contributed by atoms with E-state index in [-0.39, 0.29) is 5.43 Å². The first kappa shape index (κ1) is 13.6. The van der Waals surface area contributed by atoms with Gasteiger partial charge in [-0.2, -0.15) is 0 Å². The number of carbonyl (C=O) groups excluding carboxylic acids is 1. The van der Waals surface area contributed by atoms with Crippen LogP contribution < -0.4 is 10.2 Å². The summed E-state index contributed by atoms with van der Waals surface area (Å²) in [6, 6.07) is 4.39. The highest BCUT2D eigenvalue weighted by Gasteiger charge is 2.09. The van der Waals surface area contributed by atoms with Crippen LogP contribution in [0.3, 0.4) is 0 Å². The lowest BCUT2D eigenvalue weighted by Gasteiger charge is -1.98. The number of esters is 1. The minimum Gasteiger partial charge on any atom is -0.497 e. The molecular formula is C12H14O4S. The fraction of sp³-hybridized carbons (Fsp3) is 0.333. The molecule has 0 saturated heterocycles. The average Bonchev–Trinajstić information content (AvgIpc) is 2.49. The molecule has 0 radical (unpaired) electrons. The molecule has 0 amide bonds. The molecule has 0 aliphatic rings. The molecule has 4 nitrogen and oxygen atoms in total. The Morgan fingerprint density at radius 2 is 2.00 bits per heavy atom. The molecule has 0 atom stereocenters. The number of ether oxygens (including phenoxy) is 2. The maximum atomic E-state index is 11.8. The van der Waals surface area contributed by atoms with Crippen molar-refractivity contribution >= 4 is 17.7 Å². The van der Waals surface area contributed by atoms with Gasteiger partial charge < -0.3 is 9.47 Å². The van der Waals surface area contributed by atoms with Crippen molar-refractivity contribution in [3.8, 4) is 5.75 Å². The maximum absolute atomic E-state index is 11.8. The third-order valence-electron chi connectivity index (χ3n) is 2.06. The summed E-state index contributed by atoms with van der Waals surface area (Å²) >= 11 is 1.38. The van der Waals surface area contributed by atoms with Crippen molar-refractivity contribution in [2.75, 3.05) is 20.0 Å². The van der Waals surface area contributed by atoms with Gasteiger partial charge in [-0.1, -0.05) is 6.92 Å². The van der Waals surface area contributed by atoms with Crippen molar-refractivity contribution in [1.82, 2.24) is 0 Å². The van der Waals surface area contributed by atoms with E-state index in [1.54, 1.807) is 0 Å². The first-order valence-electron chi connectivity index (χ1n) is 5.06. The van der Waals surface area contributed by atoms with Crippen LogP contribution in [0, 0.1) is 0 Å². The van der Waals surface area contributed by atoms with Crippen LogP contribution in [0.1, 0.15) is 17.3 Å². The quantitative estimate of drug-likeness (QED) is 0.607. The number of methoxy groups -OCH3 is 2. The molecular weight excluding hydrogens is 240 g/mol. The summed E-state index contributed by atoms with van der Waals surface area (Å²) in [6.07, 6.45) is 0. The Labute approximate surface area is 104 Å². The minimum absolute atomic E-state index is 0.163. The van der Waals surface area contributed by atoms with E-state index >= 15 is 0 Å². The Morgan fingerprint density at radius 1 is 1.29 bits per heavy atom. The van der Waals surface area contributed by atoms with Gasteiger partial charge in [0.2, 0.25) is 0 Å². The van der Waals surface area contributed by atoms with Crippen LogP contribution in [-0.4, -0.2) is 25.9 Å². The second-order valence-corrected chi connectivity index (χ2v) is 4.45. The van der Waals surface area contributed by atoms with Crippen molar-refractivity contribution in [2.45, 2.75) is 11.8 Å². The summed E-state index contributed by atoms with van der Waals surface area (Å²) in [4.78, 5) is 23.8. The Hall–Kier alpha value is -1.49. The van der Waals surface area contributed by atoms with Crippen molar-refractivity contribution in [3.63, 3.8) is 0 Å². The molecule has 92 valence electrons. The number of carbonyl (C=O) groups is 1. The van der Waals surface area contributed by atoms with Crippen LogP contribution in [0.25, 0.3) is 0 Å². The molecule has 0 N–H and O–H groups in total. The average molecular weight is 254 g/mol. The molecule has 1 aromatic carbocycles. The second kappa shape index (κ2) is 6.30. The van der Waals surface area contributed by atoms with Gasteiger partial charge >= 0.3 is 5.97 Å². The zero-order valence-corrected chi connectivity index (χ0v) is 10.8. The third kappa shape index (κ3) is 3.49. The molecule has 1 aromatic rings. The largest absolute Gasteiger partial charge is 0.497 e. The van der Waals surface area contributed by atoms with E-state index in [2.05, 4.69) is 4.74 Å². The number of thioether (sulfide) groups is 1. The SMILES string of the molecule is CCSc1cc(C(=O)OC)cc(OC)cc1=O. The topological polar surface area (TPSA) is 52.6 Å². The van der Waals surface area contributed by atoms with Gasteiger partial charge in [0.05, 0.1) is 24.7 Å². The van der Waals surface area contributed by atoms with Crippen LogP contribution in [0.2, 0.25) is 0 Å². The molecule has 0 heterocycles. The summed E-state index contributed by atoms with van der Waals surface area (Å²) < 4.78 is 9.65. The van der Waals surface area contributed by atoms with Crippen LogP contribution in [0.5, 0.6) is 5.75 Å². The first-order valence-corrected chi connectivity index (χ1v) is 6.05. The van der Waals surface area contributed by atoms with Crippen molar-refractivity contribution < 1.29 is 14.3 Å². The smallest absolute Gasteiger partial charge is 0.338 e. The Bertz CT molecular complexity index is 471. The van der Waals surface area contributed by atoms with Gasteiger partial charge in [-0.3, -0.25) is 4.79 Å². The van der Waals surface area contributed by atoms with Crippen molar-refractivity contribution in [2.24, 2.45) is 0 Å². The first-order chi connectivity index (χ1) is 8.12. The molecule has 0 bridgehead atoms. The summed E-state index contributed by atoms with van der Waals surface area (Å²) in [5, 5.41) is 0. The van der Waals surface area contributed by atoms with Gasteiger partial charge in [-0.05, 0) is 17.9 Å². The normalized spacial score (nSPS) is 9.82. The molecule has 0 fully saturated rings. The van der Waals surface area contributed by atoms with Crippen LogP contribution in [0.15, 0.2) is 27.9 Å². The third-order valence-corrected chi connectivity index (χ3v) is 2.98. The molecule has 0 unspecified atom stereocenters. The highest BCUT2D eigenvalue weighted by Crippen LogP contribution is 2.18. The van der Waals surface area contributed by atoms with E-state index in [4.69, 9.17) is 4.74 Å². The molecule has 1 rings (SSSR count). The lowest BCUT2D eigenvalue weighted by Crippen LogP contribution is -2.01. The van der Waals surface area contributed by atoms with Crippen molar-refractivity contribution in [1.29, 1.82) is 0 Å². The maximum Gasteiger partial charge on any atom is 0.338 e. The Balaban J connectivity index is 3.41. The van der Waals surface area contributed by atoms with Crippen molar-refractivity contribution in [3.05, 3.63) is 34.0 Å². The monoisotopic (exact) mass is 254 g/mol. The second-order valence-electron chi connectivity index (χ2n) is 3.15. The van der Waals surface area contributed by atoms with E-state index in [1.807, 2.05) is 6.92 Å². The van der Waals surface area contributed by atoms with E-state index in [9.17, 15) is 9.59 Å². The Morgan fingerprint density at radius 3 is 2.53 bits per heavy atom. The highest BCUT2D eigenvalue weighted by atomic mass is 32.2. The van der Waals surface area contributed by atoms with E-state index in [1.165, 1.54) is 44.2 Å². The fourth-order valence-electron chi connectivity index (χ4n) is 1.27. The van der Waals surface area contributed by atoms with Crippen LogP contribution in [0.4, 0.5) is 0 Å². The van der Waals surface area contributed by atoms with Gasteiger partial charge in [0.15, 0.2) is 5.43 Å². The van der Waals surface area contributed by atoms with Gasteiger partial charge in [-0.25, -0.2) is 4.79 Å². The Kier molecular flexibility index (Phi) is 5.03. The summed E-state index contributed by atoms with van der Waals surface area (Å²) in [5.41, 5.74) is 0.145. The van der Waals surface area contributed by atoms with Gasteiger partial charge in [0.1, 0.15) is 5.75 Å². The zero-order valence-electron chi connectivity index (χ0n) is 9.98. The van der Waals surface area contributed by atoms with E-state index in [0.29, 0.717) is 16.2 Å². The molecule has 5 heteroatoms.